The maximum Gasteiger partial charge on any atom is 0.0584 e. The van der Waals surface area contributed by atoms with Gasteiger partial charge in [0, 0.05) is 17.3 Å². The van der Waals surface area contributed by atoms with Gasteiger partial charge in [-0.15, -0.1) is 11.3 Å². The Morgan fingerprint density at radius 1 is 1.31 bits per heavy atom. The van der Waals surface area contributed by atoms with E-state index in [2.05, 4.69) is 16.4 Å². The second-order valence-corrected chi connectivity index (χ2v) is 4.87. The predicted octanol–water partition coefficient (Wildman–Crippen LogP) is 2.68. The summed E-state index contributed by atoms with van der Waals surface area (Å²) in [6.07, 6.45) is 5.76. The summed E-state index contributed by atoms with van der Waals surface area (Å²) >= 11 is 1.75. The van der Waals surface area contributed by atoms with Crippen molar-refractivity contribution >= 4 is 11.3 Å². The van der Waals surface area contributed by atoms with Crippen LogP contribution in [-0.2, 0) is 12.8 Å². The molecule has 16 heavy (non-hydrogen) atoms. The lowest BCUT2D eigenvalue weighted by Crippen LogP contribution is -2.11. The van der Waals surface area contributed by atoms with E-state index in [0.717, 1.165) is 18.4 Å². The minimum Gasteiger partial charge on any atom is -0.393 e. The van der Waals surface area contributed by atoms with Crippen LogP contribution in [0.2, 0.25) is 0 Å². The molecule has 1 unspecified atom stereocenters. The Bertz CT molecular complexity index is 399. The van der Waals surface area contributed by atoms with Gasteiger partial charge in [-0.3, -0.25) is 4.98 Å². The fourth-order valence-electron chi connectivity index (χ4n) is 1.66. The number of rotatable bonds is 5. The molecular formula is C13H15NOS. The number of pyridine rings is 1. The van der Waals surface area contributed by atoms with Crippen molar-refractivity contribution in [3.8, 4) is 0 Å². The van der Waals surface area contributed by atoms with E-state index < -0.39 is 0 Å². The lowest BCUT2D eigenvalue weighted by Gasteiger charge is -2.09. The van der Waals surface area contributed by atoms with Gasteiger partial charge >= 0.3 is 0 Å². The average molecular weight is 233 g/mol. The second-order valence-electron chi connectivity index (χ2n) is 3.84. The van der Waals surface area contributed by atoms with E-state index in [9.17, 15) is 5.11 Å². The van der Waals surface area contributed by atoms with Gasteiger partial charge in [-0.1, -0.05) is 12.1 Å². The molecule has 0 bridgehead atoms. The fraction of sp³-hybridized carbons (Fsp3) is 0.308. The summed E-state index contributed by atoms with van der Waals surface area (Å²) in [4.78, 5) is 5.38. The van der Waals surface area contributed by atoms with Crippen molar-refractivity contribution in [3.05, 3.63) is 52.5 Å². The first-order valence-corrected chi connectivity index (χ1v) is 6.32. The van der Waals surface area contributed by atoms with Crippen LogP contribution in [-0.4, -0.2) is 16.2 Å². The number of aromatic nitrogens is 1. The van der Waals surface area contributed by atoms with E-state index in [4.69, 9.17) is 0 Å². The summed E-state index contributed by atoms with van der Waals surface area (Å²) in [6, 6.07) is 8.07. The van der Waals surface area contributed by atoms with Gasteiger partial charge in [0.1, 0.15) is 0 Å². The maximum atomic E-state index is 9.88. The van der Waals surface area contributed by atoms with E-state index in [1.54, 1.807) is 17.5 Å². The molecule has 84 valence electrons. The van der Waals surface area contributed by atoms with Crippen LogP contribution in [0.4, 0.5) is 0 Å². The lowest BCUT2D eigenvalue weighted by molar-refractivity contribution is 0.165. The molecule has 0 aliphatic carbocycles. The Labute approximate surface area is 99.6 Å². The molecule has 0 radical (unpaired) electrons. The highest BCUT2D eigenvalue weighted by Gasteiger charge is 2.06. The SMILES string of the molecule is OC(CCc1cccs1)Cc1cccnc1. The van der Waals surface area contributed by atoms with Gasteiger partial charge in [0.2, 0.25) is 0 Å². The van der Waals surface area contributed by atoms with Gasteiger partial charge < -0.3 is 5.11 Å². The molecule has 0 amide bonds. The van der Waals surface area contributed by atoms with Crippen molar-refractivity contribution in [3.63, 3.8) is 0 Å². The average Bonchev–Trinajstić information content (AvgIpc) is 2.81. The summed E-state index contributed by atoms with van der Waals surface area (Å²) in [5, 5.41) is 12.0. The van der Waals surface area contributed by atoms with Crippen molar-refractivity contribution in [1.82, 2.24) is 4.98 Å². The third-order valence-electron chi connectivity index (χ3n) is 2.50. The molecule has 2 aromatic rings. The normalized spacial score (nSPS) is 12.6. The van der Waals surface area contributed by atoms with Gasteiger partial charge in [0.05, 0.1) is 6.10 Å². The third-order valence-corrected chi connectivity index (χ3v) is 3.43. The van der Waals surface area contributed by atoms with Gasteiger partial charge in [-0.05, 0) is 42.3 Å². The Balaban J connectivity index is 1.78. The molecule has 0 fully saturated rings. The largest absolute Gasteiger partial charge is 0.393 e. The van der Waals surface area contributed by atoms with Gasteiger partial charge in [0.15, 0.2) is 0 Å². The number of hydrogen-bond donors (Lipinski definition) is 1. The smallest absolute Gasteiger partial charge is 0.0584 e. The molecule has 0 aromatic carbocycles. The first-order chi connectivity index (χ1) is 7.84. The minimum absolute atomic E-state index is 0.272. The van der Waals surface area contributed by atoms with Crippen molar-refractivity contribution < 1.29 is 5.11 Å². The summed E-state index contributed by atoms with van der Waals surface area (Å²) in [5.74, 6) is 0. The maximum absolute atomic E-state index is 9.88. The number of aliphatic hydroxyl groups excluding tert-OH is 1. The Morgan fingerprint density at radius 3 is 2.94 bits per heavy atom. The molecule has 1 atom stereocenters. The summed E-state index contributed by atoms with van der Waals surface area (Å²) in [7, 11) is 0. The number of aliphatic hydroxyl groups is 1. The van der Waals surface area contributed by atoms with E-state index in [1.165, 1.54) is 4.88 Å². The molecule has 2 rings (SSSR count). The summed E-state index contributed by atoms with van der Waals surface area (Å²) in [5.41, 5.74) is 1.10. The third kappa shape index (κ3) is 3.43. The minimum atomic E-state index is -0.272. The molecule has 2 aromatic heterocycles. The second kappa shape index (κ2) is 5.77. The number of nitrogens with zero attached hydrogens (tertiary/aromatic N) is 1. The molecule has 0 saturated carbocycles. The monoisotopic (exact) mass is 233 g/mol. The molecular weight excluding hydrogens is 218 g/mol. The highest BCUT2D eigenvalue weighted by molar-refractivity contribution is 7.09. The van der Waals surface area contributed by atoms with E-state index in [1.807, 2.05) is 24.4 Å². The molecule has 0 aliphatic rings. The van der Waals surface area contributed by atoms with Crippen LogP contribution in [0.25, 0.3) is 0 Å². The van der Waals surface area contributed by atoms with E-state index in [-0.39, 0.29) is 6.10 Å². The number of aryl methyl sites for hydroxylation is 1. The quantitative estimate of drug-likeness (QED) is 0.861. The summed E-state index contributed by atoms with van der Waals surface area (Å²) in [6.45, 7) is 0. The first-order valence-electron chi connectivity index (χ1n) is 5.44. The molecule has 2 heterocycles. The van der Waals surface area contributed by atoms with Crippen molar-refractivity contribution in [2.45, 2.75) is 25.4 Å². The van der Waals surface area contributed by atoms with E-state index >= 15 is 0 Å². The van der Waals surface area contributed by atoms with Gasteiger partial charge in [-0.25, -0.2) is 0 Å². The van der Waals surface area contributed by atoms with Crippen LogP contribution in [0.1, 0.15) is 16.9 Å². The molecule has 3 heteroatoms. The van der Waals surface area contributed by atoms with Gasteiger partial charge in [0.25, 0.3) is 0 Å². The highest BCUT2D eigenvalue weighted by Crippen LogP contribution is 2.13. The van der Waals surface area contributed by atoms with Crippen molar-refractivity contribution in [2.75, 3.05) is 0 Å². The van der Waals surface area contributed by atoms with Crippen LogP contribution in [0.5, 0.6) is 0 Å². The molecule has 1 N–H and O–H groups in total. The highest BCUT2D eigenvalue weighted by atomic mass is 32.1. The topological polar surface area (TPSA) is 33.1 Å². The number of thiophene rings is 1. The molecule has 0 spiro atoms. The first kappa shape index (κ1) is 11.3. The van der Waals surface area contributed by atoms with Crippen molar-refractivity contribution in [2.24, 2.45) is 0 Å². The Morgan fingerprint density at radius 2 is 2.25 bits per heavy atom. The van der Waals surface area contributed by atoms with Crippen LogP contribution < -0.4 is 0 Å². The van der Waals surface area contributed by atoms with Crippen LogP contribution in [0.3, 0.4) is 0 Å². The van der Waals surface area contributed by atoms with E-state index in [0.29, 0.717) is 6.42 Å². The molecule has 0 saturated heterocycles. The van der Waals surface area contributed by atoms with Crippen LogP contribution in [0, 0.1) is 0 Å². The predicted molar refractivity (Wildman–Crippen MR) is 66.6 cm³/mol. The zero-order chi connectivity index (χ0) is 11.2. The zero-order valence-corrected chi connectivity index (χ0v) is 9.86. The summed E-state index contributed by atoms with van der Waals surface area (Å²) < 4.78 is 0. The number of hydrogen-bond acceptors (Lipinski definition) is 3. The van der Waals surface area contributed by atoms with Crippen LogP contribution >= 0.6 is 11.3 Å². The standard InChI is InChI=1S/C13H15NOS/c15-12(5-6-13-4-2-8-16-13)9-11-3-1-7-14-10-11/h1-4,7-8,10,12,15H,5-6,9H2. The Kier molecular flexibility index (Phi) is 4.08. The van der Waals surface area contributed by atoms with Crippen molar-refractivity contribution in [1.29, 1.82) is 0 Å². The van der Waals surface area contributed by atoms with Gasteiger partial charge in [-0.2, -0.15) is 0 Å². The zero-order valence-electron chi connectivity index (χ0n) is 9.04. The Hall–Kier alpha value is -1.19. The lowest BCUT2D eigenvalue weighted by atomic mass is 10.1. The van der Waals surface area contributed by atoms with Crippen LogP contribution in [0.15, 0.2) is 42.0 Å². The molecule has 2 nitrogen and oxygen atoms in total. The molecule has 0 aliphatic heterocycles. The fourth-order valence-corrected chi connectivity index (χ4v) is 2.38.